The van der Waals surface area contributed by atoms with Gasteiger partial charge in [0.15, 0.2) is 0 Å². The van der Waals surface area contributed by atoms with E-state index < -0.39 is 0 Å². The van der Waals surface area contributed by atoms with Gasteiger partial charge in [0.2, 0.25) is 5.89 Å². The fourth-order valence-corrected chi connectivity index (χ4v) is 2.52. The smallest absolute Gasteiger partial charge is 0.251 e. The quantitative estimate of drug-likeness (QED) is 0.572. The molecular weight excluding hydrogens is 363 g/mol. The fourth-order valence-electron chi connectivity index (χ4n) is 2.52. The van der Waals surface area contributed by atoms with Crippen LogP contribution in [0, 0.1) is 5.82 Å². The van der Waals surface area contributed by atoms with E-state index in [0.29, 0.717) is 54.6 Å². The number of hydrogen-bond donors (Lipinski definition) is 1. The molecule has 2 aromatic carbocycles. The molecule has 1 heterocycles. The van der Waals surface area contributed by atoms with Crippen molar-refractivity contribution in [2.45, 2.75) is 6.42 Å². The van der Waals surface area contributed by atoms with Crippen LogP contribution in [-0.4, -0.2) is 37.8 Å². The van der Waals surface area contributed by atoms with Gasteiger partial charge in [-0.25, -0.2) is 9.37 Å². The van der Waals surface area contributed by atoms with Crippen LogP contribution in [-0.2, 0) is 11.2 Å². The Bertz CT molecular complexity index is 909. The van der Waals surface area contributed by atoms with Gasteiger partial charge in [0, 0.05) is 31.2 Å². The molecule has 0 radical (unpaired) electrons. The van der Waals surface area contributed by atoms with Crippen molar-refractivity contribution < 1.29 is 23.1 Å². The lowest BCUT2D eigenvalue weighted by Gasteiger charge is -2.08. The van der Waals surface area contributed by atoms with E-state index in [2.05, 4.69) is 10.3 Å². The third-order valence-corrected chi connectivity index (χ3v) is 3.96. The lowest BCUT2D eigenvalue weighted by molar-refractivity contribution is 0.0953. The van der Waals surface area contributed by atoms with Gasteiger partial charge in [0.25, 0.3) is 5.91 Å². The second-order valence-corrected chi connectivity index (χ2v) is 6.03. The van der Waals surface area contributed by atoms with Crippen LogP contribution in [0.25, 0.3) is 11.5 Å². The molecule has 0 aliphatic carbocycles. The van der Waals surface area contributed by atoms with Crippen molar-refractivity contribution >= 4 is 5.91 Å². The molecule has 1 N–H and O–H groups in total. The number of aromatic nitrogens is 1. The minimum absolute atomic E-state index is 0.195. The number of halogens is 1. The van der Waals surface area contributed by atoms with E-state index in [9.17, 15) is 9.18 Å². The van der Waals surface area contributed by atoms with Crippen LogP contribution in [0.4, 0.5) is 4.39 Å². The SMILES string of the molecule is COCCOc1cccc(C(=O)NCCc2coc(-c3ccc(F)cc3)n2)c1. The van der Waals surface area contributed by atoms with E-state index in [1.54, 1.807) is 43.5 Å². The third kappa shape index (κ3) is 5.40. The van der Waals surface area contributed by atoms with Gasteiger partial charge in [-0.2, -0.15) is 0 Å². The average molecular weight is 384 g/mol. The Labute approximate surface area is 162 Å². The predicted octanol–water partition coefficient (Wildman–Crippen LogP) is 3.48. The van der Waals surface area contributed by atoms with Crippen molar-refractivity contribution in [2.75, 3.05) is 26.9 Å². The van der Waals surface area contributed by atoms with E-state index in [-0.39, 0.29) is 11.7 Å². The molecule has 7 heteroatoms. The normalized spacial score (nSPS) is 10.6. The van der Waals surface area contributed by atoms with Gasteiger partial charge in [-0.05, 0) is 42.5 Å². The highest BCUT2D eigenvalue weighted by molar-refractivity contribution is 5.94. The number of rotatable bonds is 9. The van der Waals surface area contributed by atoms with Crippen molar-refractivity contribution in [3.63, 3.8) is 0 Å². The second kappa shape index (κ2) is 9.66. The highest BCUT2D eigenvalue weighted by atomic mass is 19.1. The second-order valence-electron chi connectivity index (χ2n) is 6.03. The minimum Gasteiger partial charge on any atom is -0.491 e. The van der Waals surface area contributed by atoms with E-state index in [1.165, 1.54) is 18.4 Å². The topological polar surface area (TPSA) is 73.6 Å². The molecule has 0 saturated carbocycles. The first-order valence-electron chi connectivity index (χ1n) is 8.86. The lowest BCUT2D eigenvalue weighted by atomic mass is 10.2. The monoisotopic (exact) mass is 384 g/mol. The highest BCUT2D eigenvalue weighted by Gasteiger charge is 2.09. The Morgan fingerprint density at radius 3 is 2.79 bits per heavy atom. The summed E-state index contributed by atoms with van der Waals surface area (Å²) >= 11 is 0. The Balaban J connectivity index is 1.50. The Kier molecular flexibility index (Phi) is 6.75. The van der Waals surface area contributed by atoms with Crippen molar-refractivity contribution in [3.05, 3.63) is 71.9 Å². The molecule has 0 unspecified atom stereocenters. The number of oxazole rings is 1. The molecule has 3 rings (SSSR count). The van der Waals surface area contributed by atoms with Crippen LogP contribution in [0.5, 0.6) is 5.75 Å². The van der Waals surface area contributed by atoms with E-state index in [4.69, 9.17) is 13.9 Å². The Morgan fingerprint density at radius 1 is 1.18 bits per heavy atom. The van der Waals surface area contributed by atoms with Crippen molar-refractivity contribution in [1.29, 1.82) is 0 Å². The van der Waals surface area contributed by atoms with E-state index in [1.807, 2.05) is 0 Å². The maximum absolute atomic E-state index is 13.0. The molecule has 0 fully saturated rings. The van der Waals surface area contributed by atoms with Crippen LogP contribution in [0.15, 0.2) is 59.2 Å². The number of hydrogen-bond acceptors (Lipinski definition) is 5. The fraction of sp³-hybridized carbons (Fsp3) is 0.238. The summed E-state index contributed by atoms with van der Waals surface area (Å²) in [4.78, 5) is 16.7. The van der Waals surface area contributed by atoms with Crippen LogP contribution in [0.2, 0.25) is 0 Å². The first kappa shape index (κ1) is 19.6. The van der Waals surface area contributed by atoms with Gasteiger partial charge in [0.1, 0.15) is 24.4 Å². The number of carbonyl (C=O) groups is 1. The van der Waals surface area contributed by atoms with Crippen LogP contribution >= 0.6 is 0 Å². The molecule has 1 amide bonds. The zero-order valence-corrected chi connectivity index (χ0v) is 15.5. The number of carbonyl (C=O) groups excluding carboxylic acids is 1. The van der Waals surface area contributed by atoms with Crippen molar-refractivity contribution in [3.8, 4) is 17.2 Å². The zero-order valence-electron chi connectivity index (χ0n) is 15.5. The molecule has 28 heavy (non-hydrogen) atoms. The van der Waals surface area contributed by atoms with Gasteiger partial charge in [-0.1, -0.05) is 6.07 Å². The summed E-state index contributed by atoms with van der Waals surface area (Å²) in [6.45, 7) is 1.31. The molecule has 1 aromatic heterocycles. The molecular formula is C21H21FN2O4. The molecule has 0 saturated heterocycles. The molecule has 0 aliphatic heterocycles. The highest BCUT2D eigenvalue weighted by Crippen LogP contribution is 2.19. The summed E-state index contributed by atoms with van der Waals surface area (Å²) in [5, 5.41) is 2.85. The molecule has 3 aromatic rings. The molecule has 6 nitrogen and oxygen atoms in total. The number of amides is 1. The van der Waals surface area contributed by atoms with Gasteiger partial charge < -0.3 is 19.2 Å². The zero-order chi connectivity index (χ0) is 19.8. The van der Waals surface area contributed by atoms with Crippen molar-refractivity contribution in [1.82, 2.24) is 10.3 Å². The van der Waals surface area contributed by atoms with Crippen LogP contribution in [0.1, 0.15) is 16.1 Å². The summed E-state index contributed by atoms with van der Waals surface area (Å²) in [5.41, 5.74) is 1.92. The number of methoxy groups -OCH3 is 1. The number of nitrogens with zero attached hydrogens (tertiary/aromatic N) is 1. The maximum Gasteiger partial charge on any atom is 0.251 e. The van der Waals surface area contributed by atoms with Crippen LogP contribution in [0.3, 0.4) is 0 Å². The summed E-state index contributed by atoms with van der Waals surface area (Å²) in [6.07, 6.45) is 2.05. The number of nitrogens with one attached hydrogen (secondary N) is 1. The van der Waals surface area contributed by atoms with Gasteiger partial charge in [-0.3, -0.25) is 4.79 Å². The van der Waals surface area contributed by atoms with Crippen molar-refractivity contribution in [2.24, 2.45) is 0 Å². The lowest BCUT2D eigenvalue weighted by Crippen LogP contribution is -2.25. The summed E-state index contributed by atoms with van der Waals surface area (Å²) < 4.78 is 28.9. The Morgan fingerprint density at radius 2 is 2.00 bits per heavy atom. The van der Waals surface area contributed by atoms with Gasteiger partial charge >= 0.3 is 0 Å². The average Bonchev–Trinajstić information content (AvgIpc) is 3.18. The maximum atomic E-state index is 13.0. The third-order valence-electron chi connectivity index (χ3n) is 3.96. The van der Waals surface area contributed by atoms with E-state index in [0.717, 1.165) is 0 Å². The standard InChI is InChI=1S/C21H21FN2O4/c1-26-11-12-27-19-4-2-3-16(13-19)20(25)23-10-9-18-14-28-21(24-18)15-5-7-17(22)8-6-15/h2-8,13-14H,9-12H2,1H3,(H,23,25). The summed E-state index contributed by atoms with van der Waals surface area (Å²) in [6, 6.07) is 12.9. The summed E-state index contributed by atoms with van der Waals surface area (Å²) in [5.74, 6) is 0.526. The number of ether oxygens (including phenoxy) is 2. The molecule has 0 aliphatic rings. The van der Waals surface area contributed by atoms with Gasteiger partial charge in [0.05, 0.1) is 12.3 Å². The molecule has 0 atom stereocenters. The molecule has 146 valence electrons. The predicted molar refractivity (Wildman–Crippen MR) is 102 cm³/mol. The molecule has 0 spiro atoms. The van der Waals surface area contributed by atoms with E-state index >= 15 is 0 Å². The number of benzene rings is 2. The van der Waals surface area contributed by atoms with Crippen LogP contribution < -0.4 is 10.1 Å². The molecule has 0 bridgehead atoms. The first-order valence-corrected chi connectivity index (χ1v) is 8.86. The summed E-state index contributed by atoms with van der Waals surface area (Å²) in [7, 11) is 1.60. The first-order chi connectivity index (χ1) is 13.7. The largest absolute Gasteiger partial charge is 0.491 e. The van der Waals surface area contributed by atoms with Gasteiger partial charge in [-0.15, -0.1) is 0 Å². The Hall–Kier alpha value is -3.19. The minimum atomic E-state index is -0.314.